The molecule has 1 fully saturated rings. The third kappa shape index (κ3) is 3.40. The Morgan fingerprint density at radius 1 is 1.22 bits per heavy atom. The van der Waals surface area contributed by atoms with E-state index in [1.54, 1.807) is 0 Å². The van der Waals surface area contributed by atoms with Gasteiger partial charge in [-0.05, 0) is 56.1 Å². The van der Waals surface area contributed by atoms with Crippen molar-refractivity contribution in [2.75, 3.05) is 13.2 Å². The molecule has 5 nitrogen and oxygen atoms in total. The third-order valence-electron chi connectivity index (χ3n) is 4.16. The Kier molecular flexibility index (Phi) is 4.03. The lowest BCUT2D eigenvalue weighted by Crippen LogP contribution is -2.28. The van der Waals surface area contributed by atoms with E-state index >= 15 is 0 Å². The van der Waals surface area contributed by atoms with Crippen LogP contribution in [0.5, 0.6) is 17.6 Å². The smallest absolute Gasteiger partial charge is 0.399 e. The van der Waals surface area contributed by atoms with E-state index < -0.39 is 0 Å². The fourth-order valence-corrected chi connectivity index (χ4v) is 2.90. The lowest BCUT2D eigenvalue weighted by atomic mass is 10.1. The van der Waals surface area contributed by atoms with Gasteiger partial charge in [0.2, 0.25) is 0 Å². The van der Waals surface area contributed by atoms with Crippen molar-refractivity contribution in [3.63, 3.8) is 0 Å². The van der Waals surface area contributed by atoms with Crippen LogP contribution in [0.25, 0.3) is 6.08 Å². The largest absolute Gasteiger partial charge is 0.492 e. The number of oxazole rings is 1. The molecule has 120 valence electrons. The van der Waals surface area contributed by atoms with Gasteiger partial charge in [-0.25, -0.2) is 0 Å². The molecule has 1 unspecified atom stereocenters. The third-order valence-corrected chi connectivity index (χ3v) is 4.16. The Labute approximate surface area is 135 Å². The van der Waals surface area contributed by atoms with Crippen LogP contribution in [0.4, 0.5) is 0 Å². The van der Waals surface area contributed by atoms with Gasteiger partial charge in [0.15, 0.2) is 0 Å². The van der Waals surface area contributed by atoms with E-state index in [1.165, 1.54) is 12.8 Å². The maximum Gasteiger partial charge on any atom is 0.399 e. The summed E-state index contributed by atoms with van der Waals surface area (Å²) < 4.78 is 17.1. The Hall–Kier alpha value is -2.27. The normalized spacial score (nSPS) is 19.6. The van der Waals surface area contributed by atoms with Crippen LogP contribution in [0.3, 0.4) is 0 Å². The minimum atomic E-state index is 0.297. The number of hydrogen-bond donors (Lipinski definition) is 1. The molecule has 0 spiro atoms. The molecule has 1 aliphatic carbocycles. The predicted molar refractivity (Wildman–Crippen MR) is 86.9 cm³/mol. The van der Waals surface area contributed by atoms with Crippen molar-refractivity contribution in [2.45, 2.75) is 31.7 Å². The van der Waals surface area contributed by atoms with Gasteiger partial charge in [0.25, 0.3) is 0 Å². The molecule has 2 aromatic rings. The van der Waals surface area contributed by atoms with Crippen molar-refractivity contribution >= 4 is 6.08 Å². The molecule has 0 bridgehead atoms. The number of fused-ring (bicyclic) bond motifs is 1. The van der Waals surface area contributed by atoms with Gasteiger partial charge in [0.1, 0.15) is 29.6 Å². The number of allylic oxidation sites excluding steroid dienone is 1. The molecule has 1 N–H and O–H groups in total. The highest BCUT2D eigenvalue weighted by molar-refractivity contribution is 5.49. The standard InChI is InChI=1S/C18H20N2O3/c1-2-6-17-16(5-1)20-18(23-17)22-15-9-7-14(8-10-15)21-12-13-4-3-11-19-13/h1,5,7-10,13,19H,2-4,6,11-12H2. The number of nitrogens with one attached hydrogen (secondary N) is 1. The summed E-state index contributed by atoms with van der Waals surface area (Å²) in [6.45, 7) is 1.80. The first kappa shape index (κ1) is 14.3. The number of rotatable bonds is 5. The lowest BCUT2D eigenvalue weighted by molar-refractivity contribution is 0.276. The van der Waals surface area contributed by atoms with E-state index in [-0.39, 0.29) is 0 Å². The Morgan fingerprint density at radius 2 is 2.09 bits per heavy atom. The van der Waals surface area contributed by atoms with Crippen LogP contribution < -0.4 is 14.8 Å². The van der Waals surface area contributed by atoms with Crippen molar-refractivity contribution in [2.24, 2.45) is 0 Å². The molecule has 4 rings (SSSR count). The number of hydrogen-bond acceptors (Lipinski definition) is 5. The molecule has 0 amide bonds. The highest BCUT2D eigenvalue weighted by Gasteiger charge is 2.16. The molecule has 2 aliphatic rings. The van der Waals surface area contributed by atoms with Crippen molar-refractivity contribution in [1.29, 1.82) is 0 Å². The first-order valence-electron chi connectivity index (χ1n) is 8.17. The van der Waals surface area contributed by atoms with Crippen molar-refractivity contribution in [3.8, 4) is 17.6 Å². The zero-order valence-electron chi connectivity index (χ0n) is 13.0. The predicted octanol–water partition coefficient (Wildman–Crippen LogP) is 3.56. The summed E-state index contributed by atoms with van der Waals surface area (Å²) in [7, 11) is 0. The number of aryl methyl sites for hydroxylation is 1. The molecule has 2 heterocycles. The summed E-state index contributed by atoms with van der Waals surface area (Å²) in [6.07, 6.45) is 8.66. The van der Waals surface area contributed by atoms with E-state index in [0.717, 1.165) is 36.6 Å². The highest BCUT2D eigenvalue weighted by atomic mass is 16.6. The van der Waals surface area contributed by atoms with Gasteiger partial charge >= 0.3 is 6.08 Å². The maximum absolute atomic E-state index is 5.80. The van der Waals surface area contributed by atoms with Crippen LogP contribution in [0.1, 0.15) is 30.7 Å². The first-order chi connectivity index (χ1) is 11.4. The molecule has 5 heteroatoms. The number of ether oxygens (including phenoxy) is 2. The second kappa shape index (κ2) is 6.46. The summed E-state index contributed by atoms with van der Waals surface area (Å²) in [4.78, 5) is 4.34. The maximum atomic E-state index is 5.80. The fourth-order valence-electron chi connectivity index (χ4n) is 2.90. The van der Waals surface area contributed by atoms with Gasteiger partial charge < -0.3 is 19.2 Å². The highest BCUT2D eigenvalue weighted by Crippen LogP contribution is 2.28. The first-order valence-corrected chi connectivity index (χ1v) is 8.17. The molecular formula is C18H20N2O3. The fraction of sp³-hybridized carbons (Fsp3) is 0.389. The zero-order valence-corrected chi connectivity index (χ0v) is 13.0. The van der Waals surface area contributed by atoms with E-state index in [9.17, 15) is 0 Å². The van der Waals surface area contributed by atoms with Crippen LogP contribution in [-0.4, -0.2) is 24.2 Å². The number of nitrogens with zero attached hydrogens (tertiary/aromatic N) is 1. The second-order valence-corrected chi connectivity index (χ2v) is 5.91. The molecule has 0 saturated carbocycles. The summed E-state index contributed by atoms with van der Waals surface area (Å²) in [6, 6.07) is 8.03. The minimum absolute atomic E-state index is 0.297. The van der Waals surface area contributed by atoms with Crippen LogP contribution in [0.2, 0.25) is 0 Å². The number of benzene rings is 1. The monoisotopic (exact) mass is 312 g/mol. The molecule has 1 saturated heterocycles. The van der Waals surface area contributed by atoms with E-state index in [4.69, 9.17) is 13.9 Å². The van der Waals surface area contributed by atoms with Crippen LogP contribution in [0.15, 0.2) is 34.8 Å². The molecule has 1 aromatic heterocycles. The summed E-state index contributed by atoms with van der Waals surface area (Å²) in [5, 5.41) is 3.42. The SMILES string of the molecule is C1=Cc2nc(Oc3ccc(OCC4CCCN4)cc3)oc2CC1. The molecule has 0 radical (unpaired) electrons. The van der Waals surface area contributed by atoms with Crippen molar-refractivity contribution < 1.29 is 13.9 Å². The van der Waals surface area contributed by atoms with Crippen LogP contribution >= 0.6 is 0 Å². The molecule has 1 aromatic carbocycles. The van der Waals surface area contributed by atoms with E-state index in [2.05, 4.69) is 16.4 Å². The Balaban J connectivity index is 1.36. The van der Waals surface area contributed by atoms with Gasteiger partial charge in [0.05, 0.1) is 0 Å². The Morgan fingerprint density at radius 3 is 2.87 bits per heavy atom. The summed E-state index contributed by atoms with van der Waals surface area (Å²) >= 11 is 0. The van der Waals surface area contributed by atoms with Gasteiger partial charge in [-0.2, -0.15) is 4.98 Å². The lowest BCUT2D eigenvalue weighted by Gasteiger charge is -2.12. The molecule has 1 aliphatic heterocycles. The van der Waals surface area contributed by atoms with E-state index in [0.29, 0.717) is 24.5 Å². The second-order valence-electron chi connectivity index (χ2n) is 5.91. The quantitative estimate of drug-likeness (QED) is 0.915. The number of aromatic nitrogens is 1. The average Bonchev–Trinajstić information content (AvgIpc) is 3.23. The average molecular weight is 312 g/mol. The van der Waals surface area contributed by atoms with Crippen molar-refractivity contribution in [1.82, 2.24) is 10.3 Å². The van der Waals surface area contributed by atoms with Crippen molar-refractivity contribution in [3.05, 3.63) is 41.8 Å². The topological polar surface area (TPSA) is 56.5 Å². The van der Waals surface area contributed by atoms with Gasteiger partial charge in [-0.15, -0.1) is 0 Å². The summed E-state index contributed by atoms with van der Waals surface area (Å²) in [5.41, 5.74) is 0.871. The van der Waals surface area contributed by atoms with Gasteiger partial charge in [-0.3, -0.25) is 0 Å². The molecular weight excluding hydrogens is 292 g/mol. The molecule has 1 atom stereocenters. The van der Waals surface area contributed by atoms with E-state index in [1.807, 2.05) is 30.3 Å². The zero-order chi connectivity index (χ0) is 15.5. The minimum Gasteiger partial charge on any atom is -0.492 e. The van der Waals surface area contributed by atoms with Crippen LogP contribution in [0, 0.1) is 0 Å². The van der Waals surface area contributed by atoms with Gasteiger partial charge in [0, 0.05) is 12.5 Å². The Bertz CT molecular complexity index is 685. The summed E-state index contributed by atoms with van der Waals surface area (Å²) in [5.74, 6) is 2.44. The van der Waals surface area contributed by atoms with Crippen LogP contribution in [-0.2, 0) is 6.42 Å². The van der Waals surface area contributed by atoms with Gasteiger partial charge in [-0.1, -0.05) is 6.08 Å². The molecule has 23 heavy (non-hydrogen) atoms.